The average molecular weight is 446 g/mol. The summed E-state index contributed by atoms with van der Waals surface area (Å²) in [7, 11) is 1.63. The zero-order valence-electron chi connectivity index (χ0n) is 18.6. The molecule has 1 aromatic heterocycles. The maximum absolute atomic E-state index is 13.5. The van der Waals surface area contributed by atoms with Crippen molar-refractivity contribution in [2.45, 2.75) is 32.9 Å². The third kappa shape index (κ3) is 6.12. The molecule has 32 heavy (non-hydrogen) atoms. The molecule has 0 amide bonds. The number of methoxy groups -OCH3 is 1. The van der Waals surface area contributed by atoms with Crippen LogP contribution in [0.4, 0.5) is 8.78 Å². The Morgan fingerprint density at radius 1 is 1.06 bits per heavy atom. The van der Waals surface area contributed by atoms with Gasteiger partial charge in [0.05, 0.1) is 29.7 Å². The summed E-state index contributed by atoms with van der Waals surface area (Å²) in [6.45, 7) is 5.86. The molecule has 0 bridgehead atoms. The minimum atomic E-state index is -0.472. The Labute approximate surface area is 187 Å². The fraction of sp³-hybridized carbons (Fsp3) is 0.375. The van der Waals surface area contributed by atoms with E-state index in [0.717, 1.165) is 11.3 Å². The summed E-state index contributed by atoms with van der Waals surface area (Å²) in [5.41, 5.74) is 2.19. The number of halogens is 2. The van der Waals surface area contributed by atoms with Crippen LogP contribution in [0.3, 0.4) is 0 Å². The first-order valence-corrected chi connectivity index (χ1v) is 10.6. The molecule has 0 saturated heterocycles. The fourth-order valence-electron chi connectivity index (χ4n) is 3.30. The van der Waals surface area contributed by atoms with Crippen molar-refractivity contribution in [3.63, 3.8) is 0 Å². The van der Waals surface area contributed by atoms with E-state index in [0.29, 0.717) is 50.0 Å². The van der Waals surface area contributed by atoms with Crippen LogP contribution in [0.5, 0.6) is 11.6 Å². The number of hydrogen-bond donors (Lipinski definition) is 1. The molecule has 1 atom stereocenters. The van der Waals surface area contributed by atoms with Crippen LogP contribution >= 0.6 is 0 Å². The van der Waals surface area contributed by atoms with Crippen LogP contribution in [-0.2, 0) is 11.3 Å². The molecule has 0 aliphatic heterocycles. The lowest BCUT2D eigenvalue weighted by Gasteiger charge is -2.24. The molecule has 1 N–H and O–H groups in total. The van der Waals surface area contributed by atoms with E-state index >= 15 is 0 Å². The van der Waals surface area contributed by atoms with E-state index in [1.54, 1.807) is 36.1 Å². The minimum absolute atomic E-state index is 0.349. The molecule has 3 rings (SSSR count). The van der Waals surface area contributed by atoms with Crippen LogP contribution in [0.15, 0.2) is 48.5 Å². The van der Waals surface area contributed by atoms with Crippen molar-refractivity contribution in [1.29, 1.82) is 0 Å². The zero-order valence-corrected chi connectivity index (χ0v) is 18.6. The second-order valence-electron chi connectivity index (χ2n) is 7.60. The van der Waals surface area contributed by atoms with Crippen molar-refractivity contribution in [3.8, 4) is 17.3 Å². The highest BCUT2D eigenvalue weighted by molar-refractivity contribution is 5.43. The van der Waals surface area contributed by atoms with Gasteiger partial charge in [-0.15, -0.1) is 0 Å². The Balaban J connectivity index is 2.00. The molecule has 0 radical (unpaired) electrons. The highest BCUT2D eigenvalue weighted by Gasteiger charge is 2.22. The van der Waals surface area contributed by atoms with Gasteiger partial charge in [0, 0.05) is 26.7 Å². The number of ether oxygens (including phenoxy) is 2. The second-order valence-corrected chi connectivity index (χ2v) is 7.60. The lowest BCUT2D eigenvalue weighted by atomic mass is 10.2. The highest BCUT2D eigenvalue weighted by atomic mass is 19.1. The minimum Gasteiger partial charge on any atom is -0.439 e. The zero-order chi connectivity index (χ0) is 23.1. The highest BCUT2D eigenvalue weighted by Crippen LogP contribution is 2.32. The van der Waals surface area contributed by atoms with Gasteiger partial charge in [0.2, 0.25) is 5.88 Å². The normalized spacial score (nSPS) is 12.3. The summed E-state index contributed by atoms with van der Waals surface area (Å²) >= 11 is 0. The molecule has 1 heterocycles. The summed E-state index contributed by atoms with van der Waals surface area (Å²) in [6.07, 6.45) is 0.164. The summed E-state index contributed by atoms with van der Waals surface area (Å²) in [5, 5.41) is 14.8. The molecule has 8 heteroatoms. The van der Waals surface area contributed by atoms with E-state index in [1.165, 1.54) is 24.3 Å². The Morgan fingerprint density at radius 3 is 2.28 bits per heavy atom. The summed E-state index contributed by atoms with van der Waals surface area (Å²) in [6, 6.07) is 11.7. The quantitative estimate of drug-likeness (QED) is 0.472. The van der Waals surface area contributed by atoms with E-state index < -0.39 is 6.10 Å². The molecule has 0 fully saturated rings. The molecular weight excluding hydrogens is 416 g/mol. The van der Waals surface area contributed by atoms with Gasteiger partial charge in [-0.2, -0.15) is 5.10 Å². The van der Waals surface area contributed by atoms with Crippen molar-refractivity contribution >= 4 is 0 Å². The van der Waals surface area contributed by atoms with E-state index in [-0.39, 0.29) is 11.6 Å². The van der Waals surface area contributed by atoms with Gasteiger partial charge in [-0.25, -0.2) is 13.5 Å². The van der Waals surface area contributed by atoms with E-state index in [2.05, 4.69) is 10.00 Å². The largest absolute Gasteiger partial charge is 0.439 e. The number of aromatic nitrogens is 2. The molecule has 3 aromatic rings. The molecule has 172 valence electrons. The van der Waals surface area contributed by atoms with Crippen LogP contribution in [0.2, 0.25) is 0 Å². The van der Waals surface area contributed by atoms with Gasteiger partial charge in [0.15, 0.2) is 0 Å². The van der Waals surface area contributed by atoms with E-state index in [4.69, 9.17) is 9.47 Å². The standard InChI is InChI=1S/C24H29F2N3O3/c1-4-21(30)15-28(13-14-31-3)16-23-17(2)27-29(20-9-5-18(25)6-10-20)24(23)32-22-11-7-19(26)8-12-22/h5-12,21,30H,4,13-16H2,1-3H3/t21-/m0/s1. The fourth-order valence-corrected chi connectivity index (χ4v) is 3.30. The molecule has 0 aliphatic carbocycles. The molecule has 0 spiro atoms. The molecule has 0 saturated carbocycles. The van der Waals surface area contributed by atoms with E-state index in [9.17, 15) is 13.9 Å². The molecular formula is C24H29F2N3O3. The van der Waals surface area contributed by atoms with Gasteiger partial charge in [0.25, 0.3) is 0 Å². The smallest absolute Gasteiger partial charge is 0.227 e. The number of aliphatic hydroxyl groups is 1. The van der Waals surface area contributed by atoms with Gasteiger partial charge < -0.3 is 14.6 Å². The van der Waals surface area contributed by atoms with Crippen LogP contribution < -0.4 is 4.74 Å². The number of aliphatic hydroxyl groups excluding tert-OH is 1. The first-order valence-electron chi connectivity index (χ1n) is 10.6. The van der Waals surface area contributed by atoms with Crippen LogP contribution in [-0.4, -0.2) is 52.7 Å². The van der Waals surface area contributed by atoms with Crippen molar-refractivity contribution in [3.05, 3.63) is 71.4 Å². The van der Waals surface area contributed by atoms with Gasteiger partial charge in [-0.1, -0.05) is 6.92 Å². The van der Waals surface area contributed by atoms with Crippen molar-refractivity contribution in [2.75, 3.05) is 26.8 Å². The maximum Gasteiger partial charge on any atom is 0.227 e. The maximum atomic E-state index is 13.5. The molecule has 0 unspecified atom stereocenters. The topological polar surface area (TPSA) is 59.8 Å². The summed E-state index contributed by atoms with van der Waals surface area (Å²) < 4.78 is 39.9. The summed E-state index contributed by atoms with van der Waals surface area (Å²) in [5.74, 6) is 0.195. The Bertz CT molecular complexity index is 991. The lowest BCUT2D eigenvalue weighted by Crippen LogP contribution is -2.34. The van der Waals surface area contributed by atoms with Crippen LogP contribution in [0.25, 0.3) is 5.69 Å². The Morgan fingerprint density at radius 2 is 1.69 bits per heavy atom. The van der Waals surface area contributed by atoms with Crippen LogP contribution in [0.1, 0.15) is 24.6 Å². The first kappa shape index (κ1) is 23.8. The van der Waals surface area contributed by atoms with E-state index in [1.807, 2.05) is 13.8 Å². The Kier molecular flexibility index (Phi) is 8.33. The van der Waals surface area contributed by atoms with Gasteiger partial charge in [-0.05, 0) is 61.9 Å². The number of nitrogens with zero attached hydrogens (tertiary/aromatic N) is 3. The van der Waals surface area contributed by atoms with Crippen LogP contribution in [0, 0.1) is 18.6 Å². The predicted molar refractivity (Wildman–Crippen MR) is 118 cm³/mol. The van der Waals surface area contributed by atoms with Gasteiger partial charge in [-0.3, -0.25) is 4.90 Å². The van der Waals surface area contributed by atoms with Gasteiger partial charge in [0.1, 0.15) is 17.4 Å². The monoisotopic (exact) mass is 445 g/mol. The predicted octanol–water partition coefficient (Wildman–Crippen LogP) is 4.47. The number of benzene rings is 2. The lowest BCUT2D eigenvalue weighted by molar-refractivity contribution is 0.0825. The first-order chi connectivity index (χ1) is 15.4. The third-order valence-corrected chi connectivity index (χ3v) is 5.17. The molecule has 2 aromatic carbocycles. The average Bonchev–Trinajstić information content (AvgIpc) is 3.09. The Hall–Kier alpha value is -2.81. The third-order valence-electron chi connectivity index (χ3n) is 5.17. The van der Waals surface area contributed by atoms with Crippen molar-refractivity contribution < 1.29 is 23.4 Å². The summed E-state index contributed by atoms with van der Waals surface area (Å²) in [4.78, 5) is 2.08. The van der Waals surface area contributed by atoms with Gasteiger partial charge >= 0.3 is 0 Å². The second kappa shape index (κ2) is 11.2. The number of aryl methyl sites for hydroxylation is 1. The number of rotatable bonds is 11. The SMILES string of the molecule is CC[C@H](O)CN(CCOC)Cc1c(C)nn(-c2ccc(F)cc2)c1Oc1ccc(F)cc1. The number of hydrogen-bond acceptors (Lipinski definition) is 5. The molecule has 0 aliphatic rings. The van der Waals surface area contributed by atoms with Crippen molar-refractivity contribution in [1.82, 2.24) is 14.7 Å². The molecule has 6 nitrogen and oxygen atoms in total. The van der Waals surface area contributed by atoms with Crippen molar-refractivity contribution in [2.24, 2.45) is 0 Å².